The SMILES string of the molecule is CC[C@@H](C)NC(=O)Cn1c(=O)c(=O)n(CC)c2ccccc21. The minimum Gasteiger partial charge on any atom is -0.352 e. The summed E-state index contributed by atoms with van der Waals surface area (Å²) < 4.78 is 2.68. The van der Waals surface area contributed by atoms with E-state index in [4.69, 9.17) is 0 Å². The second-order valence-electron chi connectivity index (χ2n) is 5.31. The lowest BCUT2D eigenvalue weighted by Gasteiger charge is -2.15. The molecule has 2 rings (SSSR count). The Morgan fingerprint density at radius 2 is 1.64 bits per heavy atom. The highest BCUT2D eigenvalue weighted by Crippen LogP contribution is 2.10. The summed E-state index contributed by atoms with van der Waals surface area (Å²) in [6.45, 7) is 5.94. The van der Waals surface area contributed by atoms with Gasteiger partial charge in [-0.15, -0.1) is 0 Å². The molecule has 0 radical (unpaired) electrons. The molecule has 1 heterocycles. The molecule has 0 unspecified atom stereocenters. The molecule has 0 aliphatic heterocycles. The highest BCUT2D eigenvalue weighted by Gasteiger charge is 2.15. The van der Waals surface area contributed by atoms with Crippen LogP contribution in [-0.4, -0.2) is 21.1 Å². The molecule has 0 aliphatic rings. The third-order valence-corrected chi connectivity index (χ3v) is 3.77. The first kappa shape index (κ1) is 16.0. The third-order valence-electron chi connectivity index (χ3n) is 3.77. The molecule has 1 atom stereocenters. The molecule has 0 saturated carbocycles. The highest BCUT2D eigenvalue weighted by atomic mass is 16.2. The molecule has 1 aromatic heterocycles. The van der Waals surface area contributed by atoms with Gasteiger partial charge in [0.05, 0.1) is 11.0 Å². The lowest BCUT2D eigenvalue weighted by molar-refractivity contribution is -0.122. The second kappa shape index (κ2) is 6.60. The minimum atomic E-state index is -0.667. The number of carbonyl (C=O) groups excluding carboxylic acids is 1. The van der Waals surface area contributed by atoms with Crippen LogP contribution in [0.25, 0.3) is 11.0 Å². The maximum atomic E-state index is 12.3. The van der Waals surface area contributed by atoms with Gasteiger partial charge in [0.2, 0.25) is 5.91 Å². The van der Waals surface area contributed by atoms with Crippen molar-refractivity contribution >= 4 is 16.9 Å². The topological polar surface area (TPSA) is 73.1 Å². The van der Waals surface area contributed by atoms with E-state index in [0.29, 0.717) is 17.6 Å². The molecular weight excluding hydrogens is 282 g/mol. The smallest absolute Gasteiger partial charge is 0.317 e. The van der Waals surface area contributed by atoms with Crippen molar-refractivity contribution in [3.05, 3.63) is 45.0 Å². The number of aryl methyl sites for hydroxylation is 1. The van der Waals surface area contributed by atoms with Crippen LogP contribution in [0.15, 0.2) is 33.9 Å². The number of rotatable bonds is 5. The fraction of sp³-hybridized carbons (Fsp3) is 0.438. The molecule has 6 heteroatoms. The van der Waals surface area contributed by atoms with E-state index in [0.717, 1.165) is 6.42 Å². The Morgan fingerprint density at radius 3 is 2.18 bits per heavy atom. The molecule has 1 N–H and O–H groups in total. The summed E-state index contributed by atoms with van der Waals surface area (Å²) in [5.74, 6) is -0.268. The zero-order valence-corrected chi connectivity index (χ0v) is 13.1. The number of aromatic nitrogens is 2. The van der Waals surface area contributed by atoms with E-state index in [-0.39, 0.29) is 18.5 Å². The number of carbonyl (C=O) groups is 1. The lowest BCUT2D eigenvalue weighted by Crippen LogP contribution is -2.44. The van der Waals surface area contributed by atoms with Crippen molar-refractivity contribution in [2.75, 3.05) is 0 Å². The van der Waals surface area contributed by atoms with E-state index < -0.39 is 11.1 Å². The first-order chi connectivity index (χ1) is 10.5. The summed E-state index contributed by atoms with van der Waals surface area (Å²) in [7, 11) is 0. The summed E-state index contributed by atoms with van der Waals surface area (Å²) in [6.07, 6.45) is 0.804. The zero-order chi connectivity index (χ0) is 16.3. The maximum Gasteiger partial charge on any atom is 0.317 e. The zero-order valence-electron chi connectivity index (χ0n) is 13.1. The summed E-state index contributed by atoms with van der Waals surface area (Å²) >= 11 is 0. The molecule has 0 fully saturated rings. The third kappa shape index (κ3) is 2.95. The molecule has 0 aliphatic carbocycles. The quantitative estimate of drug-likeness (QED) is 0.841. The Balaban J connectivity index is 2.55. The van der Waals surface area contributed by atoms with E-state index in [1.165, 1.54) is 9.13 Å². The minimum absolute atomic E-state index is 0.0329. The van der Waals surface area contributed by atoms with Crippen LogP contribution in [0, 0.1) is 0 Å². The average molecular weight is 303 g/mol. The van der Waals surface area contributed by atoms with Crippen LogP contribution in [0.4, 0.5) is 0 Å². The Labute approximate surface area is 128 Å². The highest BCUT2D eigenvalue weighted by molar-refractivity contribution is 5.80. The Bertz CT molecular complexity index is 804. The van der Waals surface area contributed by atoms with E-state index in [9.17, 15) is 14.4 Å². The number of hydrogen-bond donors (Lipinski definition) is 1. The largest absolute Gasteiger partial charge is 0.352 e. The number of amides is 1. The first-order valence-electron chi connectivity index (χ1n) is 7.51. The normalized spacial score (nSPS) is 12.3. The molecule has 22 heavy (non-hydrogen) atoms. The number of fused-ring (bicyclic) bond motifs is 1. The van der Waals surface area contributed by atoms with Crippen molar-refractivity contribution in [2.45, 2.75) is 46.3 Å². The second-order valence-corrected chi connectivity index (χ2v) is 5.31. The van der Waals surface area contributed by atoms with Gasteiger partial charge in [-0.1, -0.05) is 19.1 Å². The van der Waals surface area contributed by atoms with Crippen molar-refractivity contribution < 1.29 is 4.79 Å². The van der Waals surface area contributed by atoms with Gasteiger partial charge in [0, 0.05) is 12.6 Å². The number of benzene rings is 1. The van der Waals surface area contributed by atoms with Gasteiger partial charge in [-0.2, -0.15) is 0 Å². The maximum absolute atomic E-state index is 12.3. The van der Waals surface area contributed by atoms with Crippen molar-refractivity contribution in [1.82, 2.24) is 14.5 Å². The van der Waals surface area contributed by atoms with Gasteiger partial charge in [-0.25, -0.2) is 0 Å². The fourth-order valence-electron chi connectivity index (χ4n) is 2.41. The predicted octanol–water partition coefficient (Wildman–Crippen LogP) is 1.10. The van der Waals surface area contributed by atoms with Crippen LogP contribution >= 0.6 is 0 Å². The standard InChI is InChI=1S/C16H21N3O3/c1-4-11(3)17-14(20)10-19-13-9-7-6-8-12(13)18(5-2)15(21)16(19)22/h6-9,11H,4-5,10H2,1-3H3,(H,17,20)/t11-/m1/s1. The number of nitrogens with one attached hydrogen (secondary N) is 1. The van der Waals surface area contributed by atoms with Gasteiger partial charge < -0.3 is 9.88 Å². The number of para-hydroxylation sites is 2. The Hall–Kier alpha value is -2.37. The molecule has 0 spiro atoms. The molecule has 1 amide bonds. The Morgan fingerprint density at radius 1 is 1.09 bits per heavy atom. The van der Waals surface area contributed by atoms with E-state index in [1.807, 2.05) is 26.8 Å². The summed E-state index contributed by atoms with van der Waals surface area (Å²) in [6, 6.07) is 7.16. The molecule has 1 aromatic carbocycles. The molecule has 2 aromatic rings. The number of nitrogens with zero attached hydrogens (tertiary/aromatic N) is 2. The van der Waals surface area contributed by atoms with Gasteiger partial charge in [0.15, 0.2) is 0 Å². The summed E-state index contributed by atoms with van der Waals surface area (Å²) in [5, 5.41) is 2.81. The van der Waals surface area contributed by atoms with Crippen LogP contribution in [0.5, 0.6) is 0 Å². The Kier molecular flexibility index (Phi) is 4.80. The first-order valence-corrected chi connectivity index (χ1v) is 7.51. The fourth-order valence-corrected chi connectivity index (χ4v) is 2.41. The van der Waals surface area contributed by atoms with Crippen molar-refractivity contribution in [1.29, 1.82) is 0 Å². The summed E-state index contributed by atoms with van der Waals surface area (Å²) in [4.78, 5) is 36.6. The van der Waals surface area contributed by atoms with Gasteiger partial charge in [-0.05, 0) is 32.4 Å². The monoisotopic (exact) mass is 303 g/mol. The van der Waals surface area contributed by atoms with Crippen LogP contribution in [0.3, 0.4) is 0 Å². The predicted molar refractivity (Wildman–Crippen MR) is 86.0 cm³/mol. The van der Waals surface area contributed by atoms with Crippen molar-refractivity contribution in [3.63, 3.8) is 0 Å². The van der Waals surface area contributed by atoms with Gasteiger partial charge >= 0.3 is 11.1 Å². The van der Waals surface area contributed by atoms with Crippen LogP contribution in [-0.2, 0) is 17.9 Å². The summed E-state index contributed by atoms with van der Waals surface area (Å²) in [5.41, 5.74) is -0.0171. The van der Waals surface area contributed by atoms with Crippen molar-refractivity contribution in [2.24, 2.45) is 0 Å². The van der Waals surface area contributed by atoms with Gasteiger partial charge in [0.25, 0.3) is 0 Å². The van der Waals surface area contributed by atoms with Crippen LogP contribution < -0.4 is 16.4 Å². The number of hydrogen-bond acceptors (Lipinski definition) is 3. The van der Waals surface area contributed by atoms with Crippen LogP contribution in [0.2, 0.25) is 0 Å². The van der Waals surface area contributed by atoms with E-state index in [1.54, 1.807) is 18.2 Å². The average Bonchev–Trinajstić information content (AvgIpc) is 2.52. The van der Waals surface area contributed by atoms with Crippen molar-refractivity contribution in [3.8, 4) is 0 Å². The van der Waals surface area contributed by atoms with Gasteiger partial charge in [-0.3, -0.25) is 19.0 Å². The molecular formula is C16H21N3O3. The van der Waals surface area contributed by atoms with E-state index in [2.05, 4.69) is 5.32 Å². The molecule has 0 saturated heterocycles. The van der Waals surface area contributed by atoms with E-state index >= 15 is 0 Å². The van der Waals surface area contributed by atoms with Gasteiger partial charge in [0.1, 0.15) is 6.54 Å². The molecule has 118 valence electrons. The lowest BCUT2D eigenvalue weighted by atomic mass is 10.2. The van der Waals surface area contributed by atoms with Crippen LogP contribution in [0.1, 0.15) is 27.2 Å². The molecule has 6 nitrogen and oxygen atoms in total. The molecule has 0 bridgehead atoms.